The number of H-pyrrole nitrogens is 1. The minimum atomic E-state index is -0.502. The van der Waals surface area contributed by atoms with Crippen LogP contribution in [-0.4, -0.2) is 44.3 Å². The van der Waals surface area contributed by atoms with Crippen LogP contribution in [0, 0.1) is 0 Å². The Morgan fingerprint density at radius 1 is 1.07 bits per heavy atom. The van der Waals surface area contributed by atoms with Gasteiger partial charge in [0.1, 0.15) is 5.69 Å². The molecule has 3 heterocycles. The molecular formula is C18H13N5O4S. The maximum atomic E-state index is 12.4. The maximum Gasteiger partial charge on any atom is 0.277 e. The predicted molar refractivity (Wildman–Crippen MR) is 100 cm³/mol. The molecule has 0 spiro atoms. The SMILES string of the molecule is O=C(Nc1ncc(CCN2C(=O)c3ccccc3C2=O)s1)c1ccc(=O)[nH]n1. The van der Waals surface area contributed by atoms with Crippen molar-refractivity contribution in [3.05, 3.63) is 74.6 Å². The van der Waals surface area contributed by atoms with Crippen LogP contribution in [0.1, 0.15) is 36.1 Å². The zero-order valence-electron chi connectivity index (χ0n) is 14.3. The van der Waals surface area contributed by atoms with Crippen molar-refractivity contribution >= 4 is 34.2 Å². The van der Waals surface area contributed by atoms with Crippen molar-refractivity contribution < 1.29 is 14.4 Å². The third-order valence-corrected chi connectivity index (χ3v) is 5.12. The van der Waals surface area contributed by atoms with E-state index in [0.717, 1.165) is 4.88 Å². The van der Waals surface area contributed by atoms with Gasteiger partial charge in [0.05, 0.1) is 11.1 Å². The number of nitrogens with zero attached hydrogens (tertiary/aromatic N) is 3. The normalized spacial score (nSPS) is 12.9. The van der Waals surface area contributed by atoms with Gasteiger partial charge in [0.25, 0.3) is 23.3 Å². The van der Waals surface area contributed by atoms with E-state index in [1.54, 1.807) is 30.5 Å². The molecule has 10 heteroatoms. The number of aromatic nitrogens is 3. The molecular weight excluding hydrogens is 382 g/mol. The molecule has 0 radical (unpaired) electrons. The summed E-state index contributed by atoms with van der Waals surface area (Å²) >= 11 is 1.24. The molecule has 0 unspecified atom stereocenters. The number of hydrogen-bond donors (Lipinski definition) is 2. The van der Waals surface area contributed by atoms with Crippen molar-refractivity contribution in [3.63, 3.8) is 0 Å². The lowest BCUT2D eigenvalue weighted by molar-refractivity contribution is 0.0656. The summed E-state index contributed by atoms with van der Waals surface area (Å²) in [7, 11) is 0. The molecule has 1 aliphatic heterocycles. The molecule has 0 aliphatic carbocycles. The van der Waals surface area contributed by atoms with Crippen LogP contribution in [0.25, 0.3) is 0 Å². The summed E-state index contributed by atoms with van der Waals surface area (Å²) in [5.74, 6) is -1.11. The van der Waals surface area contributed by atoms with E-state index in [0.29, 0.717) is 22.7 Å². The van der Waals surface area contributed by atoms with E-state index in [1.807, 2.05) is 0 Å². The Labute approximate surface area is 162 Å². The highest BCUT2D eigenvalue weighted by Crippen LogP contribution is 2.24. The largest absolute Gasteiger partial charge is 0.296 e. The Bertz CT molecular complexity index is 1100. The van der Waals surface area contributed by atoms with Crippen LogP contribution in [0.2, 0.25) is 0 Å². The van der Waals surface area contributed by atoms with E-state index >= 15 is 0 Å². The molecule has 9 nitrogen and oxygen atoms in total. The fourth-order valence-corrected chi connectivity index (χ4v) is 3.57. The van der Waals surface area contributed by atoms with E-state index < -0.39 is 11.5 Å². The lowest BCUT2D eigenvalue weighted by Gasteiger charge is -2.12. The van der Waals surface area contributed by atoms with E-state index in [-0.39, 0.29) is 24.1 Å². The second kappa shape index (κ2) is 7.16. The Hall–Kier alpha value is -3.66. The number of hydrogen-bond acceptors (Lipinski definition) is 7. The fourth-order valence-electron chi connectivity index (χ4n) is 2.78. The first-order chi connectivity index (χ1) is 13.5. The molecule has 3 amide bonds. The fraction of sp³-hybridized carbons (Fsp3) is 0.111. The number of carbonyl (C=O) groups is 3. The molecule has 4 rings (SSSR count). The van der Waals surface area contributed by atoms with Crippen molar-refractivity contribution in [1.82, 2.24) is 20.1 Å². The Morgan fingerprint density at radius 3 is 2.43 bits per heavy atom. The number of thiazole rings is 1. The van der Waals surface area contributed by atoms with Gasteiger partial charge >= 0.3 is 0 Å². The summed E-state index contributed by atoms with van der Waals surface area (Å²) < 4.78 is 0. The lowest BCUT2D eigenvalue weighted by Crippen LogP contribution is -2.31. The van der Waals surface area contributed by atoms with Crippen molar-refractivity contribution in [2.45, 2.75) is 6.42 Å². The third-order valence-electron chi connectivity index (χ3n) is 4.15. The van der Waals surface area contributed by atoms with Crippen molar-refractivity contribution in [3.8, 4) is 0 Å². The van der Waals surface area contributed by atoms with Gasteiger partial charge in [-0.2, -0.15) is 5.10 Å². The highest BCUT2D eigenvalue weighted by molar-refractivity contribution is 7.15. The summed E-state index contributed by atoms with van der Waals surface area (Å²) in [6.45, 7) is 0.226. The van der Waals surface area contributed by atoms with Crippen LogP contribution < -0.4 is 10.9 Å². The lowest BCUT2D eigenvalue weighted by atomic mass is 10.1. The topological polar surface area (TPSA) is 125 Å². The molecule has 0 atom stereocenters. The van der Waals surface area contributed by atoms with Gasteiger partial charge in [-0.3, -0.25) is 29.4 Å². The molecule has 0 bridgehead atoms. The molecule has 140 valence electrons. The van der Waals surface area contributed by atoms with Crippen LogP contribution in [0.15, 0.2) is 47.4 Å². The monoisotopic (exact) mass is 395 g/mol. The third kappa shape index (κ3) is 3.32. The van der Waals surface area contributed by atoms with Gasteiger partial charge in [0, 0.05) is 30.1 Å². The van der Waals surface area contributed by atoms with Gasteiger partial charge in [0.2, 0.25) is 0 Å². The summed E-state index contributed by atoms with van der Waals surface area (Å²) in [6, 6.07) is 9.25. The molecule has 2 aromatic heterocycles. The van der Waals surface area contributed by atoms with Crippen molar-refractivity contribution in [2.75, 3.05) is 11.9 Å². The van der Waals surface area contributed by atoms with E-state index in [9.17, 15) is 19.2 Å². The van der Waals surface area contributed by atoms with Crippen LogP contribution in [0.3, 0.4) is 0 Å². The number of anilines is 1. The van der Waals surface area contributed by atoms with Gasteiger partial charge in [-0.1, -0.05) is 12.1 Å². The Morgan fingerprint density at radius 2 is 1.79 bits per heavy atom. The first-order valence-corrected chi connectivity index (χ1v) is 9.11. The predicted octanol–water partition coefficient (Wildman–Crippen LogP) is 1.32. The number of fused-ring (bicyclic) bond motifs is 1. The number of rotatable bonds is 5. The number of imide groups is 1. The highest BCUT2D eigenvalue weighted by Gasteiger charge is 2.34. The van der Waals surface area contributed by atoms with Crippen LogP contribution >= 0.6 is 11.3 Å². The zero-order chi connectivity index (χ0) is 19.7. The first kappa shape index (κ1) is 17.7. The smallest absolute Gasteiger partial charge is 0.277 e. The second-order valence-corrected chi connectivity index (χ2v) is 7.07. The van der Waals surface area contributed by atoms with Crippen LogP contribution in [-0.2, 0) is 6.42 Å². The average molecular weight is 395 g/mol. The molecule has 28 heavy (non-hydrogen) atoms. The number of carbonyl (C=O) groups excluding carboxylic acids is 3. The van der Waals surface area contributed by atoms with Crippen LogP contribution in [0.4, 0.5) is 5.13 Å². The number of aromatic amines is 1. The summed E-state index contributed by atoms with van der Waals surface area (Å²) in [6.07, 6.45) is 2.01. The molecule has 0 saturated carbocycles. The second-order valence-electron chi connectivity index (χ2n) is 5.95. The zero-order valence-corrected chi connectivity index (χ0v) is 15.2. The van der Waals surface area contributed by atoms with Gasteiger partial charge in [-0.05, 0) is 18.2 Å². The first-order valence-electron chi connectivity index (χ1n) is 8.30. The summed E-state index contributed by atoms with van der Waals surface area (Å²) in [5, 5.41) is 8.79. The minimum Gasteiger partial charge on any atom is -0.296 e. The Kier molecular flexibility index (Phi) is 4.53. The molecule has 3 aromatic rings. The molecule has 2 N–H and O–H groups in total. The number of amides is 3. The van der Waals surface area contributed by atoms with Gasteiger partial charge < -0.3 is 0 Å². The van der Waals surface area contributed by atoms with Gasteiger partial charge in [-0.25, -0.2) is 10.1 Å². The van der Waals surface area contributed by atoms with Gasteiger partial charge in [0.15, 0.2) is 5.13 Å². The summed E-state index contributed by atoms with van der Waals surface area (Å²) in [4.78, 5) is 53.9. The number of benzene rings is 1. The summed E-state index contributed by atoms with van der Waals surface area (Å²) in [5.41, 5.74) is 0.486. The quantitative estimate of drug-likeness (QED) is 0.628. The molecule has 0 fully saturated rings. The minimum absolute atomic E-state index is 0.0578. The average Bonchev–Trinajstić information content (AvgIpc) is 3.24. The highest BCUT2D eigenvalue weighted by atomic mass is 32.1. The van der Waals surface area contributed by atoms with Crippen molar-refractivity contribution in [1.29, 1.82) is 0 Å². The molecule has 1 aromatic carbocycles. The van der Waals surface area contributed by atoms with E-state index in [4.69, 9.17) is 0 Å². The molecule has 0 saturated heterocycles. The van der Waals surface area contributed by atoms with Crippen molar-refractivity contribution in [2.24, 2.45) is 0 Å². The van der Waals surface area contributed by atoms with Gasteiger partial charge in [-0.15, -0.1) is 11.3 Å². The van der Waals surface area contributed by atoms with E-state index in [2.05, 4.69) is 20.5 Å². The Balaban J connectivity index is 1.39. The van der Waals surface area contributed by atoms with Crippen LogP contribution in [0.5, 0.6) is 0 Å². The van der Waals surface area contributed by atoms with E-state index in [1.165, 1.54) is 28.4 Å². The number of nitrogens with one attached hydrogen (secondary N) is 2. The standard InChI is InChI=1S/C18H13N5O4S/c24-14-6-5-13(21-22-14)15(25)20-18-19-9-10(28-18)7-8-23-16(26)11-3-1-2-4-12(11)17(23)27/h1-6,9H,7-8H2,(H,22,24)(H,19,20,25). The molecule has 1 aliphatic rings. The maximum absolute atomic E-state index is 12.4.